The number of hydrogen-bond donors (Lipinski definition) is 2. The predicted octanol–water partition coefficient (Wildman–Crippen LogP) is 1.75. The minimum Gasteiger partial charge on any atom is -0.393 e. The molecule has 0 aliphatic rings. The van der Waals surface area contributed by atoms with Gasteiger partial charge in [0.2, 0.25) is 0 Å². The van der Waals surface area contributed by atoms with Crippen molar-refractivity contribution in [2.75, 3.05) is 6.61 Å². The van der Waals surface area contributed by atoms with E-state index < -0.39 is 5.60 Å². The van der Waals surface area contributed by atoms with E-state index in [1.165, 1.54) is 11.3 Å². The van der Waals surface area contributed by atoms with Crippen molar-refractivity contribution in [2.24, 2.45) is 5.92 Å². The predicted molar refractivity (Wildman–Crippen MR) is 54.7 cm³/mol. The van der Waals surface area contributed by atoms with E-state index in [2.05, 4.69) is 6.58 Å². The minimum atomic E-state index is -1.17. The summed E-state index contributed by atoms with van der Waals surface area (Å²) < 4.78 is 0. The van der Waals surface area contributed by atoms with Gasteiger partial charge in [0.15, 0.2) is 0 Å². The molecule has 0 amide bonds. The summed E-state index contributed by atoms with van der Waals surface area (Å²) in [5, 5.41) is 21.2. The van der Waals surface area contributed by atoms with E-state index in [1.54, 1.807) is 6.08 Å². The first-order valence-electron chi connectivity index (χ1n) is 4.15. The zero-order valence-electron chi connectivity index (χ0n) is 7.60. The second-order valence-electron chi connectivity index (χ2n) is 3.08. The Hall–Kier alpha value is -0.640. The molecule has 3 heteroatoms. The van der Waals surface area contributed by atoms with Gasteiger partial charge in [0.05, 0.1) is 6.61 Å². The third-order valence-electron chi connectivity index (χ3n) is 2.30. The molecule has 0 aromatic carbocycles. The highest BCUT2D eigenvalue weighted by Crippen LogP contribution is 2.32. The van der Waals surface area contributed by atoms with Crippen LogP contribution in [0.1, 0.15) is 11.8 Å². The van der Waals surface area contributed by atoms with Crippen LogP contribution in [0.5, 0.6) is 0 Å². The molecule has 2 atom stereocenters. The molecule has 1 rings (SSSR count). The van der Waals surface area contributed by atoms with Crippen molar-refractivity contribution in [3.05, 3.63) is 35.0 Å². The Morgan fingerprint density at radius 1 is 1.77 bits per heavy atom. The lowest BCUT2D eigenvalue weighted by Crippen LogP contribution is -2.35. The number of aliphatic hydroxyl groups is 2. The fraction of sp³-hybridized carbons (Fsp3) is 0.400. The maximum Gasteiger partial charge on any atom is 0.128 e. The van der Waals surface area contributed by atoms with Crippen LogP contribution in [0.4, 0.5) is 0 Å². The molecule has 1 aromatic heterocycles. The normalized spacial score (nSPS) is 17.8. The number of hydrogen-bond acceptors (Lipinski definition) is 3. The zero-order chi connectivity index (χ0) is 9.90. The molecule has 0 spiro atoms. The maximum atomic E-state index is 10.1. The van der Waals surface area contributed by atoms with Gasteiger partial charge in [-0.05, 0) is 11.4 Å². The highest BCUT2D eigenvalue weighted by molar-refractivity contribution is 7.10. The Labute approximate surface area is 82.2 Å². The molecule has 1 heterocycles. The minimum absolute atomic E-state index is 0.156. The molecular weight excluding hydrogens is 184 g/mol. The summed E-state index contributed by atoms with van der Waals surface area (Å²) in [6, 6.07) is 3.68. The van der Waals surface area contributed by atoms with E-state index in [-0.39, 0.29) is 12.5 Å². The zero-order valence-corrected chi connectivity index (χ0v) is 8.42. The summed E-state index contributed by atoms with van der Waals surface area (Å²) in [7, 11) is 0. The highest BCUT2D eigenvalue weighted by atomic mass is 32.1. The van der Waals surface area contributed by atoms with Gasteiger partial charge in [-0.15, -0.1) is 17.9 Å². The Bertz CT molecular complexity index is 268. The first kappa shape index (κ1) is 10.4. The topological polar surface area (TPSA) is 40.5 Å². The SMILES string of the molecule is C=CC(C)C(O)(CO)c1cccs1. The summed E-state index contributed by atoms with van der Waals surface area (Å²) in [5.41, 5.74) is -1.17. The van der Waals surface area contributed by atoms with Crippen molar-refractivity contribution < 1.29 is 10.2 Å². The summed E-state index contributed by atoms with van der Waals surface area (Å²) in [4.78, 5) is 0.780. The van der Waals surface area contributed by atoms with Gasteiger partial charge in [-0.2, -0.15) is 0 Å². The van der Waals surface area contributed by atoms with Gasteiger partial charge in [0.25, 0.3) is 0 Å². The molecule has 0 aliphatic heterocycles. The molecule has 2 unspecified atom stereocenters. The fourth-order valence-corrected chi connectivity index (χ4v) is 2.08. The Morgan fingerprint density at radius 3 is 2.85 bits per heavy atom. The van der Waals surface area contributed by atoms with E-state index in [0.717, 1.165) is 4.88 Å². The molecule has 2 nitrogen and oxygen atoms in total. The third-order valence-corrected chi connectivity index (χ3v) is 3.33. The quantitative estimate of drug-likeness (QED) is 0.724. The monoisotopic (exact) mass is 198 g/mol. The average Bonchev–Trinajstić information content (AvgIpc) is 2.68. The van der Waals surface area contributed by atoms with Crippen LogP contribution < -0.4 is 0 Å². The fourth-order valence-electron chi connectivity index (χ4n) is 1.17. The van der Waals surface area contributed by atoms with Gasteiger partial charge in [0.1, 0.15) is 5.60 Å². The number of aliphatic hydroxyl groups excluding tert-OH is 1. The number of thiophene rings is 1. The van der Waals surface area contributed by atoms with Gasteiger partial charge >= 0.3 is 0 Å². The van der Waals surface area contributed by atoms with Crippen LogP contribution in [0, 0.1) is 5.92 Å². The molecule has 0 radical (unpaired) electrons. The smallest absolute Gasteiger partial charge is 0.128 e. The van der Waals surface area contributed by atoms with Crippen LogP contribution >= 0.6 is 11.3 Å². The lowest BCUT2D eigenvalue weighted by atomic mass is 9.88. The summed E-state index contributed by atoms with van der Waals surface area (Å²) >= 11 is 1.44. The second kappa shape index (κ2) is 4.05. The standard InChI is InChI=1S/C10H14O2S/c1-3-8(2)10(12,7-11)9-5-4-6-13-9/h3-6,8,11-12H,1,7H2,2H3. The van der Waals surface area contributed by atoms with Crippen molar-refractivity contribution in [2.45, 2.75) is 12.5 Å². The Morgan fingerprint density at radius 2 is 2.46 bits per heavy atom. The summed E-state index contributed by atoms with van der Waals surface area (Å²) in [6.45, 7) is 5.18. The van der Waals surface area contributed by atoms with Gasteiger partial charge in [-0.25, -0.2) is 0 Å². The molecule has 0 aliphatic carbocycles. The van der Waals surface area contributed by atoms with Crippen molar-refractivity contribution >= 4 is 11.3 Å². The van der Waals surface area contributed by atoms with Crippen LogP contribution in [0.2, 0.25) is 0 Å². The van der Waals surface area contributed by atoms with Crippen LogP contribution in [-0.2, 0) is 5.60 Å². The first-order chi connectivity index (χ1) is 6.15. The van der Waals surface area contributed by atoms with E-state index in [1.807, 2.05) is 24.4 Å². The Kier molecular flexibility index (Phi) is 3.25. The van der Waals surface area contributed by atoms with Gasteiger partial charge in [-0.3, -0.25) is 0 Å². The molecular formula is C10H14O2S. The Balaban J connectivity index is 3.00. The molecule has 0 bridgehead atoms. The van der Waals surface area contributed by atoms with Crippen LogP contribution in [0.3, 0.4) is 0 Å². The summed E-state index contributed by atoms with van der Waals surface area (Å²) in [5.74, 6) is -0.156. The third kappa shape index (κ3) is 1.82. The largest absolute Gasteiger partial charge is 0.393 e. The van der Waals surface area contributed by atoms with Gasteiger partial charge in [0, 0.05) is 10.8 Å². The average molecular weight is 198 g/mol. The molecule has 0 saturated carbocycles. The second-order valence-corrected chi connectivity index (χ2v) is 4.03. The van der Waals surface area contributed by atoms with E-state index in [0.29, 0.717) is 0 Å². The van der Waals surface area contributed by atoms with Gasteiger partial charge in [-0.1, -0.05) is 19.1 Å². The van der Waals surface area contributed by atoms with Crippen molar-refractivity contribution in [3.63, 3.8) is 0 Å². The summed E-state index contributed by atoms with van der Waals surface area (Å²) in [6.07, 6.45) is 1.65. The van der Waals surface area contributed by atoms with Crippen LogP contribution in [-0.4, -0.2) is 16.8 Å². The van der Waals surface area contributed by atoms with Crippen LogP contribution in [0.15, 0.2) is 30.2 Å². The molecule has 13 heavy (non-hydrogen) atoms. The molecule has 2 N–H and O–H groups in total. The van der Waals surface area contributed by atoms with Gasteiger partial charge < -0.3 is 10.2 Å². The molecule has 0 fully saturated rings. The lowest BCUT2D eigenvalue weighted by molar-refractivity contribution is -0.0450. The highest BCUT2D eigenvalue weighted by Gasteiger charge is 2.34. The first-order valence-corrected chi connectivity index (χ1v) is 5.03. The number of rotatable bonds is 4. The molecule has 72 valence electrons. The van der Waals surface area contributed by atoms with E-state index in [9.17, 15) is 5.11 Å². The maximum absolute atomic E-state index is 10.1. The molecule has 0 saturated heterocycles. The lowest BCUT2D eigenvalue weighted by Gasteiger charge is -2.29. The van der Waals surface area contributed by atoms with Crippen LogP contribution in [0.25, 0.3) is 0 Å². The molecule has 1 aromatic rings. The van der Waals surface area contributed by atoms with E-state index in [4.69, 9.17) is 5.11 Å². The van der Waals surface area contributed by atoms with Crippen molar-refractivity contribution in [3.8, 4) is 0 Å². The van der Waals surface area contributed by atoms with E-state index >= 15 is 0 Å². The van der Waals surface area contributed by atoms with Crippen molar-refractivity contribution in [1.82, 2.24) is 0 Å². The van der Waals surface area contributed by atoms with Crippen molar-refractivity contribution in [1.29, 1.82) is 0 Å².